The Bertz CT molecular complexity index is 530. The number of piperidine rings is 1. The molecule has 0 aromatic heterocycles. The number of benzene rings is 1. The van der Waals surface area contributed by atoms with Crippen molar-refractivity contribution in [3.63, 3.8) is 0 Å². The summed E-state index contributed by atoms with van der Waals surface area (Å²) in [5.41, 5.74) is 1.45. The number of nitrogens with zero attached hydrogens (tertiary/aromatic N) is 1. The summed E-state index contributed by atoms with van der Waals surface area (Å²) < 4.78 is 13.6. The van der Waals surface area contributed by atoms with Crippen molar-refractivity contribution in [2.75, 3.05) is 11.4 Å². The molecule has 1 aromatic carbocycles. The maximum absolute atomic E-state index is 13.6. The average Bonchev–Trinajstić information content (AvgIpc) is 2.74. The topological polar surface area (TPSA) is 49.4 Å². The number of hydrogen-bond donors (Lipinski definition) is 1. The van der Waals surface area contributed by atoms with Gasteiger partial charge in [0.15, 0.2) is 0 Å². The molecule has 0 bridgehead atoms. The van der Waals surface area contributed by atoms with Crippen LogP contribution in [0.4, 0.5) is 10.1 Å². The third kappa shape index (κ3) is 1.66. The molecular formula is C13H13FN2O2. The molecule has 0 radical (unpaired) electrons. The van der Waals surface area contributed by atoms with Gasteiger partial charge < -0.3 is 4.90 Å². The van der Waals surface area contributed by atoms with Crippen molar-refractivity contribution in [1.29, 1.82) is 0 Å². The summed E-state index contributed by atoms with van der Waals surface area (Å²) in [7, 11) is 0. The van der Waals surface area contributed by atoms with Crippen LogP contribution in [0.25, 0.3) is 0 Å². The normalized spacial score (nSPS) is 22.9. The lowest BCUT2D eigenvalue weighted by atomic mass is 10.0. The number of hydrogen-bond acceptors (Lipinski definition) is 3. The first kappa shape index (κ1) is 11.2. The van der Waals surface area contributed by atoms with Crippen LogP contribution in [0.3, 0.4) is 0 Å². The molecule has 0 spiro atoms. The first-order valence-electron chi connectivity index (χ1n) is 6.04. The van der Waals surface area contributed by atoms with E-state index in [4.69, 9.17) is 0 Å². The van der Waals surface area contributed by atoms with Gasteiger partial charge in [0.05, 0.1) is 0 Å². The number of carbonyl (C=O) groups excluding carboxylic acids is 2. The minimum atomic E-state index is -0.356. The van der Waals surface area contributed by atoms with Gasteiger partial charge in [0, 0.05) is 24.2 Å². The average molecular weight is 248 g/mol. The van der Waals surface area contributed by atoms with Gasteiger partial charge in [-0.25, -0.2) is 4.39 Å². The number of fused-ring (bicyclic) bond motifs is 1. The molecule has 4 nitrogen and oxygen atoms in total. The molecule has 0 unspecified atom stereocenters. The molecule has 1 aromatic rings. The Labute approximate surface area is 104 Å². The largest absolute Gasteiger partial charge is 0.359 e. The molecule has 1 N–H and O–H groups in total. The van der Waals surface area contributed by atoms with Crippen LogP contribution in [0.15, 0.2) is 18.2 Å². The minimum Gasteiger partial charge on any atom is -0.359 e. The zero-order chi connectivity index (χ0) is 12.7. The van der Waals surface area contributed by atoms with Crippen molar-refractivity contribution in [2.24, 2.45) is 0 Å². The molecule has 0 aliphatic carbocycles. The van der Waals surface area contributed by atoms with Gasteiger partial charge in [-0.15, -0.1) is 0 Å². The fraction of sp³-hybridized carbons (Fsp3) is 0.385. The van der Waals surface area contributed by atoms with E-state index in [1.54, 1.807) is 6.07 Å². The highest BCUT2D eigenvalue weighted by molar-refractivity contribution is 6.01. The molecule has 94 valence electrons. The zero-order valence-corrected chi connectivity index (χ0v) is 9.78. The summed E-state index contributed by atoms with van der Waals surface area (Å²) in [4.78, 5) is 24.8. The third-order valence-electron chi connectivity index (χ3n) is 3.59. The molecule has 3 rings (SSSR count). The maximum atomic E-state index is 13.6. The van der Waals surface area contributed by atoms with Crippen molar-refractivity contribution in [3.05, 3.63) is 29.6 Å². The molecular weight excluding hydrogens is 235 g/mol. The molecule has 2 heterocycles. The lowest BCUT2D eigenvalue weighted by molar-refractivity contribution is -0.134. The first-order valence-corrected chi connectivity index (χ1v) is 6.04. The van der Waals surface area contributed by atoms with E-state index in [9.17, 15) is 14.0 Å². The number of imide groups is 1. The maximum Gasteiger partial charge on any atom is 0.249 e. The van der Waals surface area contributed by atoms with Crippen LogP contribution in [0.5, 0.6) is 0 Å². The molecule has 2 aliphatic heterocycles. The van der Waals surface area contributed by atoms with E-state index < -0.39 is 0 Å². The Balaban J connectivity index is 1.90. The van der Waals surface area contributed by atoms with Crippen LogP contribution < -0.4 is 10.2 Å². The van der Waals surface area contributed by atoms with Crippen molar-refractivity contribution in [2.45, 2.75) is 25.3 Å². The Kier molecular flexibility index (Phi) is 2.54. The Hall–Kier alpha value is -1.91. The van der Waals surface area contributed by atoms with E-state index in [1.807, 2.05) is 11.0 Å². The van der Waals surface area contributed by atoms with E-state index in [1.165, 1.54) is 6.07 Å². The molecule has 1 atom stereocenters. The van der Waals surface area contributed by atoms with Crippen LogP contribution in [-0.4, -0.2) is 24.4 Å². The molecule has 2 amide bonds. The fourth-order valence-electron chi connectivity index (χ4n) is 2.72. The smallest absolute Gasteiger partial charge is 0.249 e. The van der Waals surface area contributed by atoms with Gasteiger partial charge in [0.2, 0.25) is 11.8 Å². The lowest BCUT2D eigenvalue weighted by Gasteiger charge is -2.31. The quantitative estimate of drug-likeness (QED) is 0.754. The van der Waals surface area contributed by atoms with E-state index in [0.29, 0.717) is 31.4 Å². The van der Waals surface area contributed by atoms with E-state index in [-0.39, 0.29) is 23.7 Å². The molecule has 18 heavy (non-hydrogen) atoms. The predicted octanol–water partition coefficient (Wildman–Crippen LogP) is 0.993. The minimum absolute atomic E-state index is 0.220. The molecule has 5 heteroatoms. The summed E-state index contributed by atoms with van der Waals surface area (Å²) in [6.45, 7) is 0.628. The van der Waals surface area contributed by atoms with Crippen LogP contribution in [0.2, 0.25) is 0 Å². The number of carbonyl (C=O) groups is 2. The molecule has 1 saturated heterocycles. The predicted molar refractivity (Wildman–Crippen MR) is 63.6 cm³/mol. The Morgan fingerprint density at radius 1 is 1.28 bits per heavy atom. The summed E-state index contributed by atoms with van der Waals surface area (Å²) in [5, 5.41) is 2.34. The van der Waals surface area contributed by atoms with Gasteiger partial charge in [-0.2, -0.15) is 0 Å². The second-order valence-electron chi connectivity index (χ2n) is 4.65. The van der Waals surface area contributed by atoms with Gasteiger partial charge in [0.25, 0.3) is 0 Å². The number of halogens is 1. The van der Waals surface area contributed by atoms with E-state index in [0.717, 1.165) is 5.69 Å². The second kappa shape index (κ2) is 4.08. The fourth-order valence-corrected chi connectivity index (χ4v) is 2.72. The van der Waals surface area contributed by atoms with Gasteiger partial charge in [-0.3, -0.25) is 14.9 Å². The Morgan fingerprint density at radius 2 is 2.11 bits per heavy atom. The monoisotopic (exact) mass is 248 g/mol. The first-order chi connectivity index (χ1) is 8.66. The van der Waals surface area contributed by atoms with Crippen molar-refractivity contribution in [3.8, 4) is 0 Å². The zero-order valence-electron chi connectivity index (χ0n) is 9.78. The molecule has 0 saturated carbocycles. The van der Waals surface area contributed by atoms with Crippen LogP contribution >= 0.6 is 0 Å². The van der Waals surface area contributed by atoms with Gasteiger partial charge in [0.1, 0.15) is 11.9 Å². The molecule has 2 aliphatic rings. The van der Waals surface area contributed by atoms with Gasteiger partial charge >= 0.3 is 0 Å². The second-order valence-corrected chi connectivity index (χ2v) is 4.65. The summed E-state index contributed by atoms with van der Waals surface area (Å²) in [5.74, 6) is -0.722. The number of nitrogens with one attached hydrogen (secondary N) is 1. The number of anilines is 1. The third-order valence-corrected chi connectivity index (χ3v) is 3.59. The highest BCUT2D eigenvalue weighted by Gasteiger charge is 2.35. The van der Waals surface area contributed by atoms with Gasteiger partial charge in [-0.1, -0.05) is 6.07 Å². The van der Waals surface area contributed by atoms with Crippen LogP contribution in [0, 0.1) is 5.82 Å². The number of rotatable bonds is 1. The standard InChI is InChI=1S/C13H13FN2O2/c14-9-2-1-3-10-8(9)6-7-16(10)11-4-5-12(17)15-13(11)18/h1-3,11H,4-7H2,(H,15,17,18)/t11-/m0/s1. The van der Waals surface area contributed by atoms with E-state index >= 15 is 0 Å². The molecule has 1 fully saturated rings. The number of amides is 2. The summed E-state index contributed by atoms with van der Waals surface area (Å²) in [6.07, 6.45) is 1.46. The van der Waals surface area contributed by atoms with Crippen molar-refractivity contribution >= 4 is 17.5 Å². The SMILES string of the molecule is O=C1CC[C@H](N2CCc3c(F)cccc32)C(=O)N1. The van der Waals surface area contributed by atoms with Crippen molar-refractivity contribution in [1.82, 2.24) is 5.32 Å². The lowest BCUT2D eigenvalue weighted by Crippen LogP contribution is -2.52. The summed E-state index contributed by atoms with van der Waals surface area (Å²) in [6, 6.07) is 4.56. The highest BCUT2D eigenvalue weighted by Crippen LogP contribution is 2.33. The van der Waals surface area contributed by atoms with Gasteiger partial charge in [-0.05, 0) is 25.0 Å². The van der Waals surface area contributed by atoms with E-state index in [2.05, 4.69) is 5.32 Å². The van der Waals surface area contributed by atoms with Crippen LogP contribution in [0.1, 0.15) is 18.4 Å². The Morgan fingerprint density at radius 3 is 2.89 bits per heavy atom. The van der Waals surface area contributed by atoms with Crippen LogP contribution in [-0.2, 0) is 16.0 Å². The highest BCUT2D eigenvalue weighted by atomic mass is 19.1. The van der Waals surface area contributed by atoms with Crippen molar-refractivity contribution < 1.29 is 14.0 Å². The summed E-state index contributed by atoms with van der Waals surface area (Å²) >= 11 is 0.